The predicted molar refractivity (Wildman–Crippen MR) is 52.0 cm³/mol. The molecule has 0 unspecified atom stereocenters. The topological polar surface area (TPSA) is 72.7 Å². The molecule has 0 radical (unpaired) electrons. The van der Waals surface area contributed by atoms with Gasteiger partial charge in [0, 0.05) is 0 Å². The summed E-state index contributed by atoms with van der Waals surface area (Å²) in [4.78, 5) is 0. The van der Waals surface area contributed by atoms with Crippen LogP contribution in [0.15, 0.2) is 30.3 Å². The average Bonchev–Trinajstić information content (AvgIpc) is 2.28. The molecule has 0 aliphatic carbocycles. The number of aliphatic hydroxyl groups is 2. The third kappa shape index (κ3) is 2.52. The first kappa shape index (κ1) is 11.1. The van der Waals surface area contributed by atoms with Crippen LogP contribution in [0.25, 0.3) is 0 Å². The van der Waals surface area contributed by atoms with Gasteiger partial charge in [-0.25, -0.2) is 0 Å². The molecule has 0 aliphatic heterocycles. The second kappa shape index (κ2) is 5.07. The van der Waals surface area contributed by atoms with Crippen molar-refractivity contribution < 1.29 is 15.4 Å². The summed E-state index contributed by atoms with van der Waals surface area (Å²) in [7, 11) is 0. The standard InChI is InChI=1S/C10H15NO3/c12-7-10(8-13,11-14)6-9-4-2-1-3-5-9/h1-5,11-14H,6-8H2. The normalized spacial score (nSPS) is 11.6. The minimum Gasteiger partial charge on any atom is -0.394 e. The monoisotopic (exact) mass is 197 g/mol. The molecule has 0 amide bonds. The van der Waals surface area contributed by atoms with Crippen molar-refractivity contribution in [1.29, 1.82) is 0 Å². The van der Waals surface area contributed by atoms with E-state index in [2.05, 4.69) is 0 Å². The van der Waals surface area contributed by atoms with Gasteiger partial charge in [-0.05, 0) is 12.0 Å². The second-order valence-corrected chi connectivity index (χ2v) is 3.37. The fourth-order valence-electron chi connectivity index (χ4n) is 1.26. The van der Waals surface area contributed by atoms with Crippen LogP contribution in [0.3, 0.4) is 0 Å². The molecule has 0 spiro atoms. The van der Waals surface area contributed by atoms with E-state index >= 15 is 0 Å². The Kier molecular flexibility index (Phi) is 4.03. The Bertz CT molecular complexity index is 251. The van der Waals surface area contributed by atoms with Gasteiger partial charge in [0.05, 0.1) is 18.8 Å². The minimum atomic E-state index is -1.05. The molecule has 0 aliphatic rings. The first-order chi connectivity index (χ1) is 6.76. The molecule has 4 nitrogen and oxygen atoms in total. The summed E-state index contributed by atoms with van der Waals surface area (Å²) in [6.07, 6.45) is 0.372. The summed E-state index contributed by atoms with van der Waals surface area (Å²) >= 11 is 0. The van der Waals surface area contributed by atoms with Crippen LogP contribution in [0.2, 0.25) is 0 Å². The van der Waals surface area contributed by atoms with E-state index in [0.29, 0.717) is 6.42 Å². The summed E-state index contributed by atoms with van der Waals surface area (Å²) < 4.78 is 0. The summed E-state index contributed by atoms with van der Waals surface area (Å²) in [5.74, 6) is 0. The quantitative estimate of drug-likeness (QED) is 0.499. The van der Waals surface area contributed by atoms with Gasteiger partial charge in [0.2, 0.25) is 0 Å². The number of aliphatic hydroxyl groups excluding tert-OH is 2. The highest BCUT2D eigenvalue weighted by Gasteiger charge is 2.28. The Labute approximate surface area is 82.8 Å². The van der Waals surface area contributed by atoms with E-state index in [1.807, 2.05) is 35.8 Å². The molecular formula is C10H15NO3. The first-order valence-electron chi connectivity index (χ1n) is 4.43. The number of rotatable bonds is 5. The number of hydrogen-bond acceptors (Lipinski definition) is 4. The van der Waals surface area contributed by atoms with E-state index in [4.69, 9.17) is 15.4 Å². The van der Waals surface area contributed by atoms with Crippen molar-refractivity contribution >= 4 is 0 Å². The Morgan fingerprint density at radius 3 is 2.07 bits per heavy atom. The van der Waals surface area contributed by atoms with Gasteiger partial charge in [-0.15, -0.1) is 0 Å². The number of nitrogens with one attached hydrogen (secondary N) is 1. The Morgan fingerprint density at radius 2 is 1.64 bits per heavy atom. The fraction of sp³-hybridized carbons (Fsp3) is 0.400. The molecule has 0 saturated heterocycles. The highest BCUT2D eigenvalue weighted by molar-refractivity contribution is 5.17. The maximum atomic E-state index is 9.06. The maximum Gasteiger partial charge on any atom is 0.0929 e. The van der Waals surface area contributed by atoms with Gasteiger partial charge in [0.1, 0.15) is 0 Å². The molecule has 4 N–H and O–H groups in total. The van der Waals surface area contributed by atoms with Crippen molar-refractivity contribution in [3.05, 3.63) is 35.9 Å². The molecule has 78 valence electrons. The molecule has 14 heavy (non-hydrogen) atoms. The lowest BCUT2D eigenvalue weighted by molar-refractivity contribution is -0.0116. The average molecular weight is 197 g/mol. The summed E-state index contributed by atoms with van der Waals surface area (Å²) in [6.45, 7) is -0.649. The zero-order chi connectivity index (χ0) is 10.4. The highest BCUT2D eigenvalue weighted by atomic mass is 16.5. The zero-order valence-electron chi connectivity index (χ0n) is 7.85. The van der Waals surface area contributed by atoms with Crippen LogP contribution in [0.4, 0.5) is 0 Å². The highest BCUT2D eigenvalue weighted by Crippen LogP contribution is 2.11. The Hall–Kier alpha value is -0.940. The lowest BCUT2D eigenvalue weighted by Crippen LogP contribution is -2.52. The third-order valence-electron chi connectivity index (χ3n) is 2.23. The number of hydroxylamine groups is 1. The number of benzene rings is 1. The van der Waals surface area contributed by atoms with Crippen LogP contribution < -0.4 is 5.48 Å². The molecule has 0 saturated carbocycles. The SMILES string of the molecule is OCC(CO)(Cc1ccccc1)NO. The van der Waals surface area contributed by atoms with Crippen molar-refractivity contribution in [3.8, 4) is 0 Å². The van der Waals surface area contributed by atoms with Gasteiger partial charge in [-0.3, -0.25) is 0 Å². The van der Waals surface area contributed by atoms with Crippen LogP contribution >= 0.6 is 0 Å². The predicted octanol–water partition coefficient (Wildman–Crippen LogP) is -0.0687. The van der Waals surface area contributed by atoms with Crippen LogP contribution in [-0.4, -0.2) is 34.2 Å². The molecule has 1 aromatic carbocycles. The Morgan fingerprint density at radius 1 is 1.07 bits per heavy atom. The van der Waals surface area contributed by atoms with Crippen molar-refractivity contribution in [1.82, 2.24) is 5.48 Å². The van der Waals surface area contributed by atoms with Gasteiger partial charge < -0.3 is 15.4 Å². The first-order valence-corrected chi connectivity index (χ1v) is 4.43. The lowest BCUT2D eigenvalue weighted by Gasteiger charge is -2.27. The maximum absolute atomic E-state index is 9.06. The largest absolute Gasteiger partial charge is 0.394 e. The van der Waals surface area contributed by atoms with E-state index in [9.17, 15) is 0 Å². The van der Waals surface area contributed by atoms with Crippen molar-refractivity contribution in [3.63, 3.8) is 0 Å². The molecule has 0 aromatic heterocycles. The molecule has 0 bridgehead atoms. The molecule has 0 atom stereocenters. The number of hydrogen-bond donors (Lipinski definition) is 4. The van der Waals surface area contributed by atoms with Crippen molar-refractivity contribution in [2.24, 2.45) is 0 Å². The summed E-state index contributed by atoms with van der Waals surface area (Å²) in [6, 6.07) is 9.36. The van der Waals surface area contributed by atoms with Crippen LogP contribution in [0.1, 0.15) is 5.56 Å². The van der Waals surface area contributed by atoms with E-state index in [-0.39, 0.29) is 13.2 Å². The smallest absolute Gasteiger partial charge is 0.0929 e. The van der Waals surface area contributed by atoms with Crippen LogP contribution in [-0.2, 0) is 6.42 Å². The third-order valence-corrected chi connectivity index (χ3v) is 2.23. The molecule has 1 aromatic rings. The van der Waals surface area contributed by atoms with Gasteiger partial charge in [0.15, 0.2) is 0 Å². The van der Waals surface area contributed by atoms with Gasteiger partial charge in [0.25, 0.3) is 0 Å². The van der Waals surface area contributed by atoms with Crippen LogP contribution in [0.5, 0.6) is 0 Å². The van der Waals surface area contributed by atoms with Crippen molar-refractivity contribution in [2.75, 3.05) is 13.2 Å². The van der Waals surface area contributed by atoms with Gasteiger partial charge in [-0.2, -0.15) is 5.48 Å². The molecule has 4 heteroatoms. The molecule has 1 rings (SSSR count). The Balaban J connectivity index is 2.74. The summed E-state index contributed by atoms with van der Waals surface area (Å²) in [5, 5.41) is 27.0. The van der Waals surface area contributed by atoms with E-state index in [1.165, 1.54) is 0 Å². The summed E-state index contributed by atoms with van der Waals surface area (Å²) in [5.41, 5.74) is 1.85. The molecule has 0 fully saturated rings. The zero-order valence-corrected chi connectivity index (χ0v) is 7.85. The van der Waals surface area contributed by atoms with E-state index in [0.717, 1.165) is 5.56 Å². The van der Waals surface area contributed by atoms with E-state index < -0.39 is 5.54 Å². The molecule has 0 heterocycles. The van der Waals surface area contributed by atoms with Gasteiger partial charge >= 0.3 is 0 Å². The fourth-order valence-corrected chi connectivity index (χ4v) is 1.26. The van der Waals surface area contributed by atoms with Gasteiger partial charge in [-0.1, -0.05) is 30.3 Å². The minimum absolute atomic E-state index is 0.325. The molecular weight excluding hydrogens is 182 g/mol. The van der Waals surface area contributed by atoms with Crippen molar-refractivity contribution in [2.45, 2.75) is 12.0 Å². The second-order valence-electron chi connectivity index (χ2n) is 3.37. The van der Waals surface area contributed by atoms with Crippen LogP contribution in [0, 0.1) is 0 Å². The lowest BCUT2D eigenvalue weighted by atomic mass is 9.93. The van der Waals surface area contributed by atoms with E-state index in [1.54, 1.807) is 0 Å².